The summed E-state index contributed by atoms with van der Waals surface area (Å²) >= 11 is 5.83. The SMILES string of the molecule is Cc1cc(C(O)C(O)CO)cc(Cl)c1N. The average molecular weight is 232 g/mol. The molecule has 0 heterocycles. The van der Waals surface area contributed by atoms with Gasteiger partial charge in [0.15, 0.2) is 0 Å². The minimum absolute atomic E-state index is 0.328. The Morgan fingerprint density at radius 3 is 2.47 bits per heavy atom. The van der Waals surface area contributed by atoms with E-state index in [-0.39, 0.29) is 0 Å². The molecule has 0 bridgehead atoms. The summed E-state index contributed by atoms with van der Waals surface area (Å²) < 4.78 is 0. The number of aryl methyl sites for hydroxylation is 1. The lowest BCUT2D eigenvalue weighted by Gasteiger charge is -2.17. The molecule has 84 valence electrons. The number of nitrogens with two attached hydrogens (primary N) is 1. The van der Waals surface area contributed by atoms with Gasteiger partial charge in [0.1, 0.15) is 12.2 Å². The number of hydrogen-bond donors (Lipinski definition) is 4. The first kappa shape index (κ1) is 12.3. The largest absolute Gasteiger partial charge is 0.397 e. The number of anilines is 1. The third-order valence-electron chi connectivity index (χ3n) is 2.25. The van der Waals surface area contributed by atoms with Crippen molar-refractivity contribution >= 4 is 17.3 Å². The monoisotopic (exact) mass is 231 g/mol. The normalized spacial score (nSPS) is 15.0. The van der Waals surface area contributed by atoms with Crippen molar-refractivity contribution < 1.29 is 15.3 Å². The molecule has 0 aliphatic rings. The fourth-order valence-corrected chi connectivity index (χ4v) is 1.55. The van der Waals surface area contributed by atoms with Crippen molar-refractivity contribution in [2.24, 2.45) is 0 Å². The molecular formula is C10H14ClNO3. The second kappa shape index (κ2) is 4.81. The Bertz CT molecular complexity index is 334. The topological polar surface area (TPSA) is 86.7 Å². The van der Waals surface area contributed by atoms with E-state index < -0.39 is 18.8 Å². The highest BCUT2D eigenvalue weighted by atomic mass is 35.5. The van der Waals surface area contributed by atoms with Gasteiger partial charge in [-0.25, -0.2) is 0 Å². The van der Waals surface area contributed by atoms with Crippen LogP contribution < -0.4 is 5.73 Å². The molecule has 0 saturated carbocycles. The van der Waals surface area contributed by atoms with Crippen molar-refractivity contribution in [2.45, 2.75) is 19.1 Å². The zero-order valence-electron chi connectivity index (χ0n) is 8.31. The summed E-state index contributed by atoms with van der Waals surface area (Å²) in [6.07, 6.45) is -2.38. The number of nitrogen functional groups attached to an aromatic ring is 1. The molecule has 15 heavy (non-hydrogen) atoms. The van der Waals surface area contributed by atoms with Crippen LogP contribution in [0.1, 0.15) is 17.2 Å². The molecule has 1 aromatic carbocycles. The highest BCUT2D eigenvalue weighted by Crippen LogP contribution is 2.28. The lowest BCUT2D eigenvalue weighted by atomic mass is 10.0. The molecule has 0 aliphatic carbocycles. The Morgan fingerprint density at radius 1 is 1.40 bits per heavy atom. The minimum atomic E-state index is -1.22. The van der Waals surface area contributed by atoms with Gasteiger partial charge in [0.25, 0.3) is 0 Å². The third kappa shape index (κ3) is 2.60. The first-order chi connectivity index (χ1) is 6.97. The van der Waals surface area contributed by atoms with Crippen LogP contribution in [-0.2, 0) is 0 Å². The van der Waals surface area contributed by atoms with E-state index in [1.165, 1.54) is 6.07 Å². The van der Waals surface area contributed by atoms with E-state index in [9.17, 15) is 10.2 Å². The van der Waals surface area contributed by atoms with Crippen molar-refractivity contribution in [1.82, 2.24) is 0 Å². The maximum atomic E-state index is 9.62. The summed E-state index contributed by atoms with van der Waals surface area (Å²) in [5.74, 6) is 0. The molecule has 0 amide bonds. The quantitative estimate of drug-likeness (QED) is 0.575. The molecule has 0 radical (unpaired) electrons. The predicted octanol–water partition coefficient (Wildman–Crippen LogP) is 0.617. The van der Waals surface area contributed by atoms with E-state index in [1.807, 2.05) is 0 Å². The van der Waals surface area contributed by atoms with E-state index in [4.69, 9.17) is 22.4 Å². The molecule has 0 aliphatic heterocycles. The van der Waals surface area contributed by atoms with Crippen LogP contribution in [0.5, 0.6) is 0 Å². The van der Waals surface area contributed by atoms with Gasteiger partial charge in [0, 0.05) is 0 Å². The Hall–Kier alpha value is -0.810. The van der Waals surface area contributed by atoms with Crippen LogP contribution >= 0.6 is 11.6 Å². The van der Waals surface area contributed by atoms with Gasteiger partial charge in [-0.05, 0) is 24.1 Å². The van der Waals surface area contributed by atoms with E-state index in [1.54, 1.807) is 13.0 Å². The molecule has 0 spiro atoms. The van der Waals surface area contributed by atoms with Crippen LogP contribution in [0.3, 0.4) is 0 Å². The van der Waals surface area contributed by atoms with Gasteiger partial charge >= 0.3 is 0 Å². The van der Waals surface area contributed by atoms with Gasteiger partial charge in [-0.1, -0.05) is 17.7 Å². The zero-order valence-corrected chi connectivity index (χ0v) is 9.07. The molecule has 2 unspecified atom stereocenters. The van der Waals surface area contributed by atoms with Gasteiger partial charge in [0.2, 0.25) is 0 Å². The predicted molar refractivity (Wildman–Crippen MR) is 58.7 cm³/mol. The molecular weight excluding hydrogens is 218 g/mol. The van der Waals surface area contributed by atoms with E-state index in [0.717, 1.165) is 5.56 Å². The Labute approximate surface area is 92.9 Å². The van der Waals surface area contributed by atoms with Crippen LogP contribution in [-0.4, -0.2) is 28.0 Å². The lowest BCUT2D eigenvalue weighted by molar-refractivity contribution is -0.0152. The second-order valence-electron chi connectivity index (χ2n) is 3.43. The molecule has 0 aromatic heterocycles. The molecule has 1 rings (SSSR count). The van der Waals surface area contributed by atoms with Gasteiger partial charge in [-0.3, -0.25) is 0 Å². The first-order valence-electron chi connectivity index (χ1n) is 4.50. The Balaban J connectivity index is 3.06. The van der Waals surface area contributed by atoms with Crippen LogP contribution in [0.4, 0.5) is 5.69 Å². The summed E-state index contributed by atoms with van der Waals surface area (Å²) in [7, 11) is 0. The van der Waals surface area contributed by atoms with Gasteiger partial charge in [-0.15, -0.1) is 0 Å². The van der Waals surface area contributed by atoms with Gasteiger partial charge in [-0.2, -0.15) is 0 Å². The molecule has 5 heteroatoms. The summed E-state index contributed by atoms with van der Waals surface area (Å²) in [6, 6.07) is 3.11. The number of rotatable bonds is 3. The molecule has 4 nitrogen and oxygen atoms in total. The number of hydrogen-bond acceptors (Lipinski definition) is 4. The van der Waals surface area contributed by atoms with Crippen LogP contribution in [0.15, 0.2) is 12.1 Å². The van der Waals surface area contributed by atoms with E-state index in [0.29, 0.717) is 16.3 Å². The maximum Gasteiger partial charge on any atom is 0.107 e. The number of aliphatic hydroxyl groups is 3. The Morgan fingerprint density at radius 2 is 2.00 bits per heavy atom. The van der Waals surface area contributed by atoms with Gasteiger partial charge in [0.05, 0.1) is 17.3 Å². The number of aliphatic hydroxyl groups excluding tert-OH is 3. The standard InChI is InChI=1S/C10H14ClNO3/c1-5-2-6(3-7(11)9(5)12)10(15)8(14)4-13/h2-3,8,10,13-15H,4,12H2,1H3. The summed E-state index contributed by atoms with van der Waals surface area (Å²) in [4.78, 5) is 0. The van der Waals surface area contributed by atoms with E-state index >= 15 is 0 Å². The van der Waals surface area contributed by atoms with Crippen molar-refractivity contribution in [3.05, 3.63) is 28.3 Å². The molecule has 2 atom stereocenters. The Kier molecular flexibility index (Phi) is 3.93. The lowest BCUT2D eigenvalue weighted by Crippen LogP contribution is -2.22. The van der Waals surface area contributed by atoms with Crippen molar-refractivity contribution in [2.75, 3.05) is 12.3 Å². The first-order valence-corrected chi connectivity index (χ1v) is 4.87. The number of halogens is 1. The van der Waals surface area contributed by atoms with Crippen molar-refractivity contribution in [3.63, 3.8) is 0 Å². The molecule has 0 saturated heterocycles. The smallest absolute Gasteiger partial charge is 0.107 e. The third-order valence-corrected chi connectivity index (χ3v) is 2.56. The van der Waals surface area contributed by atoms with Crippen molar-refractivity contribution in [3.8, 4) is 0 Å². The second-order valence-corrected chi connectivity index (χ2v) is 3.84. The number of benzene rings is 1. The van der Waals surface area contributed by atoms with E-state index in [2.05, 4.69) is 0 Å². The molecule has 0 fully saturated rings. The minimum Gasteiger partial charge on any atom is -0.397 e. The molecule has 1 aromatic rings. The molecule has 5 N–H and O–H groups in total. The van der Waals surface area contributed by atoms with Crippen LogP contribution in [0.2, 0.25) is 5.02 Å². The van der Waals surface area contributed by atoms with Crippen LogP contribution in [0.25, 0.3) is 0 Å². The highest BCUT2D eigenvalue weighted by molar-refractivity contribution is 6.33. The fourth-order valence-electron chi connectivity index (χ4n) is 1.27. The van der Waals surface area contributed by atoms with Crippen LogP contribution in [0, 0.1) is 6.92 Å². The summed E-state index contributed by atoms with van der Waals surface area (Å²) in [6.45, 7) is 1.24. The zero-order chi connectivity index (χ0) is 11.6. The summed E-state index contributed by atoms with van der Waals surface area (Å²) in [5, 5.41) is 27.9. The fraction of sp³-hybridized carbons (Fsp3) is 0.400. The van der Waals surface area contributed by atoms with Crippen molar-refractivity contribution in [1.29, 1.82) is 0 Å². The van der Waals surface area contributed by atoms with Gasteiger partial charge < -0.3 is 21.1 Å². The summed E-state index contributed by atoms with van der Waals surface area (Å²) in [5.41, 5.74) is 7.25. The maximum absolute atomic E-state index is 9.62. The highest BCUT2D eigenvalue weighted by Gasteiger charge is 2.18. The average Bonchev–Trinajstić information content (AvgIpc) is 2.23.